The number of carboxylic acids is 1. The largest absolute Gasteiger partial charge is 0.481 e. The third kappa shape index (κ3) is 1.40. The predicted molar refractivity (Wildman–Crippen MR) is 54.0 cm³/mol. The molecule has 1 aromatic carbocycles. The Morgan fingerprint density at radius 1 is 1.38 bits per heavy atom. The molecule has 1 fully saturated rings. The zero-order chi connectivity index (χ0) is 12.1. The molecule has 0 heterocycles. The lowest BCUT2D eigenvalue weighted by atomic mass is 10.0. The molecule has 16 heavy (non-hydrogen) atoms. The van der Waals surface area contributed by atoms with Crippen molar-refractivity contribution in [2.75, 3.05) is 0 Å². The third-order valence-electron chi connectivity index (χ3n) is 3.41. The van der Waals surface area contributed by atoms with E-state index >= 15 is 0 Å². The number of halogens is 2. The van der Waals surface area contributed by atoms with Gasteiger partial charge in [-0.15, -0.1) is 0 Å². The standard InChI is InChI=1S/C12H12F2O2/c1-12(2)8(9(12)11(15)16)6-4-3-5-7(13)10(6)14/h3-5,8-9H,1-2H3,(H,15,16)/t8-,9+/m1/s1. The first-order valence-electron chi connectivity index (χ1n) is 5.04. The van der Waals surface area contributed by atoms with E-state index in [0.29, 0.717) is 0 Å². The van der Waals surface area contributed by atoms with E-state index in [0.717, 1.165) is 6.07 Å². The number of benzene rings is 1. The summed E-state index contributed by atoms with van der Waals surface area (Å²) in [6.07, 6.45) is 0. The molecule has 0 unspecified atom stereocenters. The Kier molecular flexibility index (Phi) is 2.26. The van der Waals surface area contributed by atoms with Crippen LogP contribution in [0.5, 0.6) is 0 Å². The van der Waals surface area contributed by atoms with Crippen molar-refractivity contribution in [1.29, 1.82) is 0 Å². The van der Waals surface area contributed by atoms with E-state index in [1.165, 1.54) is 12.1 Å². The number of hydrogen-bond donors (Lipinski definition) is 1. The summed E-state index contributed by atoms with van der Waals surface area (Å²) in [5.74, 6) is -3.89. The quantitative estimate of drug-likeness (QED) is 0.841. The summed E-state index contributed by atoms with van der Waals surface area (Å²) < 4.78 is 26.5. The molecule has 1 aliphatic carbocycles. The van der Waals surface area contributed by atoms with Gasteiger partial charge in [-0.25, -0.2) is 8.78 Å². The van der Waals surface area contributed by atoms with Gasteiger partial charge in [0.2, 0.25) is 0 Å². The van der Waals surface area contributed by atoms with E-state index in [9.17, 15) is 13.6 Å². The van der Waals surface area contributed by atoms with Crippen LogP contribution in [0.3, 0.4) is 0 Å². The first-order chi connectivity index (χ1) is 7.37. The Bertz CT molecular complexity index is 454. The third-order valence-corrected chi connectivity index (χ3v) is 3.41. The van der Waals surface area contributed by atoms with Crippen molar-refractivity contribution in [2.24, 2.45) is 11.3 Å². The van der Waals surface area contributed by atoms with Crippen LogP contribution in [0, 0.1) is 23.0 Å². The van der Waals surface area contributed by atoms with Gasteiger partial charge in [0, 0.05) is 5.92 Å². The maximum absolute atomic E-state index is 13.5. The highest BCUT2D eigenvalue weighted by Gasteiger charge is 2.63. The summed E-state index contributed by atoms with van der Waals surface area (Å²) in [5, 5.41) is 8.96. The van der Waals surface area contributed by atoms with Gasteiger partial charge >= 0.3 is 5.97 Å². The number of carboxylic acid groups (broad SMARTS) is 1. The van der Waals surface area contributed by atoms with E-state index in [2.05, 4.69) is 0 Å². The molecule has 0 radical (unpaired) electrons. The highest BCUT2D eigenvalue weighted by Crippen LogP contribution is 2.64. The zero-order valence-electron chi connectivity index (χ0n) is 9.00. The average molecular weight is 226 g/mol. The van der Waals surface area contributed by atoms with Gasteiger partial charge in [0.15, 0.2) is 11.6 Å². The normalized spacial score (nSPS) is 26.5. The van der Waals surface area contributed by atoms with Crippen LogP contribution in [0.1, 0.15) is 25.3 Å². The molecule has 1 saturated carbocycles. The minimum absolute atomic E-state index is 0.164. The molecule has 0 aromatic heterocycles. The minimum atomic E-state index is -0.960. The molecule has 0 bridgehead atoms. The van der Waals surface area contributed by atoms with Gasteiger partial charge in [0.25, 0.3) is 0 Å². The topological polar surface area (TPSA) is 37.3 Å². The SMILES string of the molecule is CC1(C)[C@H](C(=O)O)[C@H]1c1cccc(F)c1F. The zero-order valence-corrected chi connectivity index (χ0v) is 9.00. The maximum atomic E-state index is 13.5. The van der Waals surface area contributed by atoms with Crippen molar-refractivity contribution in [1.82, 2.24) is 0 Å². The molecular weight excluding hydrogens is 214 g/mol. The summed E-state index contributed by atoms with van der Waals surface area (Å²) in [6.45, 7) is 3.50. The van der Waals surface area contributed by atoms with E-state index in [1.807, 2.05) is 0 Å². The Morgan fingerprint density at radius 2 is 2.00 bits per heavy atom. The van der Waals surface area contributed by atoms with Crippen LogP contribution >= 0.6 is 0 Å². The molecule has 0 saturated heterocycles. The highest BCUT2D eigenvalue weighted by molar-refractivity contribution is 5.77. The van der Waals surface area contributed by atoms with Gasteiger partial charge in [0.1, 0.15) is 0 Å². The Morgan fingerprint density at radius 3 is 2.50 bits per heavy atom. The van der Waals surface area contributed by atoms with E-state index in [4.69, 9.17) is 5.11 Å². The molecule has 1 aliphatic rings. The van der Waals surface area contributed by atoms with Gasteiger partial charge in [-0.1, -0.05) is 26.0 Å². The van der Waals surface area contributed by atoms with E-state index in [-0.39, 0.29) is 5.56 Å². The molecule has 2 nitrogen and oxygen atoms in total. The van der Waals surface area contributed by atoms with Crippen LogP contribution in [-0.4, -0.2) is 11.1 Å². The number of hydrogen-bond acceptors (Lipinski definition) is 1. The fourth-order valence-electron chi connectivity index (χ4n) is 2.44. The number of rotatable bonds is 2. The van der Waals surface area contributed by atoms with Gasteiger partial charge in [-0.3, -0.25) is 4.79 Å². The summed E-state index contributed by atoms with van der Waals surface area (Å²) in [6, 6.07) is 3.89. The fraction of sp³-hybridized carbons (Fsp3) is 0.417. The molecule has 1 aromatic rings. The second-order valence-corrected chi connectivity index (χ2v) is 4.76. The number of carbonyl (C=O) groups is 1. The lowest BCUT2D eigenvalue weighted by molar-refractivity contribution is -0.139. The first kappa shape index (κ1) is 11.0. The van der Waals surface area contributed by atoms with Crippen molar-refractivity contribution < 1.29 is 18.7 Å². The van der Waals surface area contributed by atoms with Gasteiger partial charge in [-0.05, 0) is 17.0 Å². The van der Waals surface area contributed by atoms with Crippen molar-refractivity contribution >= 4 is 5.97 Å². The van der Waals surface area contributed by atoms with Gasteiger partial charge in [0.05, 0.1) is 5.92 Å². The van der Waals surface area contributed by atoms with E-state index in [1.54, 1.807) is 13.8 Å². The molecule has 0 aliphatic heterocycles. The van der Waals surface area contributed by atoms with Crippen LogP contribution in [0.25, 0.3) is 0 Å². The second kappa shape index (κ2) is 3.27. The summed E-state index contributed by atoms with van der Waals surface area (Å²) in [4.78, 5) is 10.9. The monoisotopic (exact) mass is 226 g/mol. The van der Waals surface area contributed by atoms with Crippen LogP contribution < -0.4 is 0 Å². The smallest absolute Gasteiger partial charge is 0.307 e. The lowest BCUT2D eigenvalue weighted by Crippen LogP contribution is -2.03. The van der Waals surface area contributed by atoms with Crippen molar-refractivity contribution in [2.45, 2.75) is 19.8 Å². The summed E-state index contributed by atoms with van der Waals surface area (Å²) in [5.41, 5.74) is -0.349. The highest BCUT2D eigenvalue weighted by atomic mass is 19.2. The number of aliphatic carboxylic acids is 1. The van der Waals surface area contributed by atoms with Gasteiger partial charge < -0.3 is 5.11 Å². The molecule has 1 N–H and O–H groups in total. The molecule has 0 amide bonds. The van der Waals surface area contributed by atoms with Crippen molar-refractivity contribution in [3.8, 4) is 0 Å². The first-order valence-corrected chi connectivity index (χ1v) is 5.04. The summed E-state index contributed by atoms with van der Waals surface area (Å²) in [7, 11) is 0. The molecule has 86 valence electrons. The Balaban J connectivity index is 2.41. The molecular formula is C12H12F2O2. The molecule has 2 atom stereocenters. The van der Waals surface area contributed by atoms with Crippen LogP contribution in [-0.2, 0) is 4.79 Å². The van der Waals surface area contributed by atoms with Crippen LogP contribution in [0.4, 0.5) is 8.78 Å². The second-order valence-electron chi connectivity index (χ2n) is 4.76. The maximum Gasteiger partial charge on any atom is 0.307 e. The Hall–Kier alpha value is -1.45. The lowest BCUT2D eigenvalue weighted by Gasteiger charge is -2.04. The molecule has 4 heteroatoms. The summed E-state index contributed by atoms with van der Waals surface area (Å²) >= 11 is 0. The van der Waals surface area contributed by atoms with Crippen LogP contribution in [0.2, 0.25) is 0 Å². The average Bonchev–Trinajstić information content (AvgIpc) is 2.74. The van der Waals surface area contributed by atoms with Crippen molar-refractivity contribution in [3.63, 3.8) is 0 Å². The Labute approximate surface area is 91.9 Å². The fourth-order valence-corrected chi connectivity index (χ4v) is 2.44. The van der Waals surface area contributed by atoms with Gasteiger partial charge in [-0.2, -0.15) is 0 Å². The van der Waals surface area contributed by atoms with Crippen LogP contribution in [0.15, 0.2) is 18.2 Å². The van der Waals surface area contributed by atoms with Crippen molar-refractivity contribution in [3.05, 3.63) is 35.4 Å². The predicted octanol–water partition coefficient (Wildman–Crippen LogP) is 2.79. The molecule has 0 spiro atoms. The molecule has 2 rings (SSSR count). The minimum Gasteiger partial charge on any atom is -0.481 e. The van der Waals surface area contributed by atoms with E-state index < -0.39 is 34.9 Å².